The molecule has 0 saturated heterocycles. The normalized spacial score (nSPS) is 13.8. The molecule has 0 heterocycles. The molecular weight excluding hydrogens is 152 g/mol. The van der Waals surface area contributed by atoms with E-state index in [9.17, 15) is 5.11 Å². The zero-order valence-electron chi connectivity index (χ0n) is 8.51. The smallest absolute Gasteiger partial charge is 0.0664 e. The van der Waals surface area contributed by atoms with Gasteiger partial charge >= 0.3 is 0 Å². The third-order valence-electron chi connectivity index (χ3n) is 1.74. The van der Waals surface area contributed by atoms with Gasteiger partial charge in [0.05, 0.1) is 6.10 Å². The topological polar surface area (TPSA) is 35.5 Å². The molecule has 0 fully saturated rings. The second-order valence-electron chi connectivity index (χ2n) is 3.45. The van der Waals surface area contributed by atoms with Gasteiger partial charge in [0.1, 0.15) is 0 Å². The fourth-order valence-corrected chi connectivity index (χ4v) is 1.01. The van der Waals surface area contributed by atoms with Gasteiger partial charge in [-0.15, -0.1) is 0 Å². The minimum Gasteiger partial charge on any atom is -0.392 e. The lowest BCUT2D eigenvalue weighted by Gasteiger charge is -2.13. The number of aliphatic hydroxyl groups is 1. The highest BCUT2D eigenvalue weighted by molar-refractivity contribution is 4.59. The Labute approximate surface area is 75.8 Å². The van der Waals surface area contributed by atoms with Gasteiger partial charge in [-0.2, -0.15) is 0 Å². The van der Waals surface area contributed by atoms with Crippen LogP contribution in [-0.2, 0) is 0 Å². The first-order valence-electron chi connectivity index (χ1n) is 4.70. The maximum Gasteiger partial charge on any atom is 0.0664 e. The Bertz CT molecular complexity index is 96.5. The van der Waals surface area contributed by atoms with E-state index in [1.54, 1.807) is 0 Å². The molecule has 1 atom stereocenters. The summed E-state index contributed by atoms with van der Waals surface area (Å²) in [6.45, 7) is 4.79. The zero-order valence-corrected chi connectivity index (χ0v) is 8.51. The quantitative estimate of drug-likeness (QED) is 0.545. The molecule has 0 bridgehead atoms. The predicted octanol–water partition coefficient (Wildman–Crippen LogP) is 0.299. The summed E-state index contributed by atoms with van der Waals surface area (Å²) in [7, 11) is 4.09. The van der Waals surface area contributed by atoms with Gasteiger partial charge in [-0.25, -0.2) is 0 Å². The van der Waals surface area contributed by atoms with Gasteiger partial charge in [-0.05, 0) is 20.5 Å². The van der Waals surface area contributed by atoms with E-state index in [0.717, 1.165) is 32.5 Å². The van der Waals surface area contributed by atoms with Gasteiger partial charge in [-0.3, -0.25) is 0 Å². The van der Waals surface area contributed by atoms with E-state index in [2.05, 4.69) is 17.1 Å². The molecule has 0 saturated carbocycles. The molecule has 0 aromatic rings. The van der Waals surface area contributed by atoms with Crippen molar-refractivity contribution in [2.75, 3.05) is 33.7 Å². The number of nitrogens with zero attached hydrogens (tertiary/aromatic N) is 1. The molecule has 74 valence electrons. The van der Waals surface area contributed by atoms with Crippen molar-refractivity contribution in [3.8, 4) is 0 Å². The van der Waals surface area contributed by atoms with Crippen LogP contribution in [0.4, 0.5) is 0 Å². The number of hydrogen-bond acceptors (Lipinski definition) is 3. The number of nitrogens with one attached hydrogen (secondary N) is 1. The highest BCUT2D eigenvalue weighted by Crippen LogP contribution is 1.93. The van der Waals surface area contributed by atoms with Gasteiger partial charge in [0, 0.05) is 19.6 Å². The Morgan fingerprint density at radius 3 is 2.58 bits per heavy atom. The summed E-state index contributed by atoms with van der Waals surface area (Å²) in [5, 5.41) is 12.5. The Morgan fingerprint density at radius 2 is 2.08 bits per heavy atom. The summed E-state index contributed by atoms with van der Waals surface area (Å²) < 4.78 is 0. The second kappa shape index (κ2) is 7.53. The lowest BCUT2D eigenvalue weighted by atomic mass is 10.2. The van der Waals surface area contributed by atoms with Crippen LogP contribution in [-0.4, -0.2) is 49.8 Å². The van der Waals surface area contributed by atoms with Crippen LogP contribution in [0.1, 0.15) is 19.8 Å². The summed E-state index contributed by atoms with van der Waals surface area (Å²) in [5.41, 5.74) is 0. The summed E-state index contributed by atoms with van der Waals surface area (Å²) in [6, 6.07) is 0. The third kappa shape index (κ3) is 7.98. The molecule has 0 amide bonds. The first-order valence-corrected chi connectivity index (χ1v) is 4.70. The highest BCUT2D eigenvalue weighted by Gasteiger charge is 2.00. The Balaban J connectivity index is 3.08. The lowest BCUT2D eigenvalue weighted by Crippen LogP contribution is -2.32. The molecule has 12 heavy (non-hydrogen) atoms. The van der Waals surface area contributed by atoms with Crippen LogP contribution in [0.15, 0.2) is 0 Å². The Morgan fingerprint density at radius 1 is 1.42 bits per heavy atom. The van der Waals surface area contributed by atoms with E-state index in [4.69, 9.17) is 0 Å². The minimum atomic E-state index is -0.169. The average molecular weight is 174 g/mol. The van der Waals surface area contributed by atoms with Crippen molar-refractivity contribution in [2.45, 2.75) is 25.9 Å². The predicted molar refractivity (Wildman–Crippen MR) is 52.3 cm³/mol. The maximum absolute atomic E-state index is 9.34. The summed E-state index contributed by atoms with van der Waals surface area (Å²) >= 11 is 0. The van der Waals surface area contributed by atoms with E-state index in [1.807, 2.05) is 14.1 Å². The van der Waals surface area contributed by atoms with Crippen LogP contribution in [0, 0.1) is 0 Å². The minimum absolute atomic E-state index is 0.169. The van der Waals surface area contributed by atoms with Crippen molar-refractivity contribution >= 4 is 0 Å². The van der Waals surface area contributed by atoms with Crippen LogP contribution in [0.3, 0.4) is 0 Å². The van der Waals surface area contributed by atoms with E-state index in [1.165, 1.54) is 0 Å². The highest BCUT2D eigenvalue weighted by atomic mass is 16.3. The van der Waals surface area contributed by atoms with Crippen LogP contribution in [0.25, 0.3) is 0 Å². The summed E-state index contributed by atoms with van der Waals surface area (Å²) in [6.07, 6.45) is 1.78. The van der Waals surface area contributed by atoms with Crippen molar-refractivity contribution < 1.29 is 5.11 Å². The zero-order chi connectivity index (χ0) is 9.40. The van der Waals surface area contributed by atoms with E-state index < -0.39 is 0 Å². The first kappa shape index (κ1) is 11.9. The van der Waals surface area contributed by atoms with Gasteiger partial charge in [0.25, 0.3) is 0 Å². The number of hydrogen-bond donors (Lipinski definition) is 2. The number of rotatable bonds is 7. The van der Waals surface area contributed by atoms with E-state index in [-0.39, 0.29) is 6.10 Å². The van der Waals surface area contributed by atoms with Gasteiger partial charge in [0.15, 0.2) is 0 Å². The molecule has 0 spiro atoms. The number of likely N-dealkylation sites (N-methyl/N-ethyl adjacent to an activating group) is 1. The van der Waals surface area contributed by atoms with Crippen LogP contribution in [0.2, 0.25) is 0 Å². The second-order valence-corrected chi connectivity index (χ2v) is 3.45. The fraction of sp³-hybridized carbons (Fsp3) is 1.00. The van der Waals surface area contributed by atoms with Gasteiger partial charge in [0.2, 0.25) is 0 Å². The van der Waals surface area contributed by atoms with Crippen molar-refractivity contribution in [2.24, 2.45) is 0 Å². The molecule has 0 aromatic heterocycles. The fourth-order valence-electron chi connectivity index (χ4n) is 1.01. The van der Waals surface area contributed by atoms with E-state index in [0.29, 0.717) is 0 Å². The molecular formula is C9H22N2O. The Kier molecular flexibility index (Phi) is 7.45. The molecule has 3 heteroatoms. The molecule has 0 aromatic carbocycles. The molecule has 0 rings (SSSR count). The third-order valence-corrected chi connectivity index (χ3v) is 1.74. The Hall–Kier alpha value is -0.120. The summed E-state index contributed by atoms with van der Waals surface area (Å²) in [5.74, 6) is 0. The molecule has 0 aliphatic rings. The molecule has 0 aliphatic carbocycles. The van der Waals surface area contributed by atoms with Crippen molar-refractivity contribution in [1.82, 2.24) is 10.2 Å². The SMILES string of the molecule is CCCC(O)CNCCN(C)C. The number of aliphatic hydroxyl groups excluding tert-OH is 1. The van der Waals surface area contributed by atoms with Gasteiger partial charge < -0.3 is 15.3 Å². The standard InChI is InChI=1S/C9H22N2O/c1-4-5-9(12)8-10-6-7-11(2)3/h9-10,12H,4-8H2,1-3H3. The first-order chi connectivity index (χ1) is 5.66. The van der Waals surface area contributed by atoms with Crippen LogP contribution in [0.5, 0.6) is 0 Å². The van der Waals surface area contributed by atoms with Crippen LogP contribution >= 0.6 is 0 Å². The molecule has 0 radical (unpaired) electrons. The molecule has 1 unspecified atom stereocenters. The molecule has 2 N–H and O–H groups in total. The van der Waals surface area contributed by atoms with Crippen LogP contribution < -0.4 is 5.32 Å². The molecule has 0 aliphatic heterocycles. The molecule has 3 nitrogen and oxygen atoms in total. The average Bonchev–Trinajstić information content (AvgIpc) is 1.98. The largest absolute Gasteiger partial charge is 0.392 e. The van der Waals surface area contributed by atoms with Gasteiger partial charge in [-0.1, -0.05) is 13.3 Å². The van der Waals surface area contributed by atoms with Crippen molar-refractivity contribution in [3.63, 3.8) is 0 Å². The van der Waals surface area contributed by atoms with Crippen molar-refractivity contribution in [1.29, 1.82) is 0 Å². The van der Waals surface area contributed by atoms with Crippen molar-refractivity contribution in [3.05, 3.63) is 0 Å². The lowest BCUT2D eigenvalue weighted by molar-refractivity contribution is 0.160. The monoisotopic (exact) mass is 174 g/mol. The van der Waals surface area contributed by atoms with E-state index >= 15 is 0 Å². The summed E-state index contributed by atoms with van der Waals surface area (Å²) in [4.78, 5) is 2.12. The maximum atomic E-state index is 9.34.